The third-order valence-electron chi connectivity index (χ3n) is 2.72. The molecule has 0 atom stereocenters. The number of amides is 1. The molecule has 0 bridgehead atoms. The molecule has 19 heavy (non-hydrogen) atoms. The van der Waals surface area contributed by atoms with Gasteiger partial charge in [0.15, 0.2) is 5.82 Å². The molecule has 0 unspecified atom stereocenters. The molecule has 3 N–H and O–H groups in total. The number of rotatable bonds is 5. The van der Waals surface area contributed by atoms with E-state index in [1.165, 1.54) is 0 Å². The first-order valence-electron chi connectivity index (χ1n) is 6.10. The molecule has 1 aromatic carbocycles. The monoisotopic (exact) mass is 259 g/mol. The van der Waals surface area contributed by atoms with E-state index in [1.807, 2.05) is 25.2 Å². The lowest BCUT2D eigenvalue weighted by atomic mass is 10.1. The van der Waals surface area contributed by atoms with E-state index >= 15 is 0 Å². The summed E-state index contributed by atoms with van der Waals surface area (Å²) in [6, 6.07) is 7.37. The number of nitrogen functional groups attached to an aromatic ring is 1. The van der Waals surface area contributed by atoms with Crippen LogP contribution in [0.15, 0.2) is 30.6 Å². The summed E-state index contributed by atoms with van der Waals surface area (Å²) in [4.78, 5) is 15.8. The molecule has 0 radical (unpaired) electrons. The van der Waals surface area contributed by atoms with Gasteiger partial charge in [0.2, 0.25) is 5.91 Å². The number of nitrogens with two attached hydrogens (primary N) is 1. The molecule has 0 fully saturated rings. The minimum Gasteiger partial charge on any atom is -0.398 e. The van der Waals surface area contributed by atoms with Gasteiger partial charge in [0.1, 0.15) is 6.33 Å². The number of aryl methyl sites for hydroxylation is 1. The highest BCUT2D eigenvalue weighted by atomic mass is 16.1. The van der Waals surface area contributed by atoms with Gasteiger partial charge in [-0.3, -0.25) is 9.48 Å². The summed E-state index contributed by atoms with van der Waals surface area (Å²) in [5.74, 6) is 0.677. The second-order valence-corrected chi connectivity index (χ2v) is 4.31. The first kappa shape index (κ1) is 13.1. The van der Waals surface area contributed by atoms with Gasteiger partial charge >= 0.3 is 0 Å². The lowest BCUT2D eigenvalue weighted by molar-refractivity contribution is -0.120. The normalized spacial score (nSPS) is 10.4. The third kappa shape index (κ3) is 3.80. The molecule has 2 rings (SSSR count). The highest BCUT2D eigenvalue weighted by Crippen LogP contribution is 2.10. The molecule has 1 heterocycles. The highest BCUT2D eigenvalue weighted by molar-refractivity contribution is 5.80. The highest BCUT2D eigenvalue weighted by Gasteiger charge is 2.06. The van der Waals surface area contributed by atoms with E-state index in [0.29, 0.717) is 25.1 Å². The second-order valence-electron chi connectivity index (χ2n) is 4.31. The minimum atomic E-state index is -0.0474. The number of carbonyl (C=O) groups is 1. The average molecular weight is 259 g/mol. The minimum absolute atomic E-state index is 0.0474. The maximum Gasteiger partial charge on any atom is 0.224 e. The van der Waals surface area contributed by atoms with Gasteiger partial charge < -0.3 is 11.1 Å². The van der Waals surface area contributed by atoms with E-state index in [2.05, 4.69) is 15.4 Å². The smallest absolute Gasteiger partial charge is 0.224 e. The number of carbonyl (C=O) groups excluding carboxylic acids is 1. The summed E-state index contributed by atoms with van der Waals surface area (Å²) in [5, 5.41) is 6.97. The fourth-order valence-corrected chi connectivity index (χ4v) is 1.74. The van der Waals surface area contributed by atoms with Crippen LogP contribution < -0.4 is 11.1 Å². The predicted octanol–water partition coefficient (Wildman–Crippen LogP) is 0.299. The van der Waals surface area contributed by atoms with E-state index < -0.39 is 0 Å². The molecule has 1 amide bonds. The molecule has 1 aromatic heterocycles. The zero-order valence-corrected chi connectivity index (χ0v) is 10.8. The van der Waals surface area contributed by atoms with Crippen molar-refractivity contribution < 1.29 is 4.79 Å². The SMILES string of the molecule is Cn1cnc(CCNC(=O)Cc2ccccc2N)n1. The van der Waals surface area contributed by atoms with E-state index in [4.69, 9.17) is 5.73 Å². The maximum absolute atomic E-state index is 11.7. The predicted molar refractivity (Wildman–Crippen MR) is 72.3 cm³/mol. The van der Waals surface area contributed by atoms with E-state index in [9.17, 15) is 4.79 Å². The van der Waals surface area contributed by atoms with Crippen LogP contribution in [0.5, 0.6) is 0 Å². The number of hydrogen-bond acceptors (Lipinski definition) is 4. The van der Waals surface area contributed by atoms with Gasteiger partial charge in [-0.25, -0.2) is 4.98 Å². The van der Waals surface area contributed by atoms with Crippen LogP contribution in [0.4, 0.5) is 5.69 Å². The van der Waals surface area contributed by atoms with Crippen molar-refractivity contribution in [1.29, 1.82) is 0 Å². The van der Waals surface area contributed by atoms with Crippen LogP contribution in [0.2, 0.25) is 0 Å². The lowest BCUT2D eigenvalue weighted by Crippen LogP contribution is -2.27. The standard InChI is InChI=1S/C13H17N5O/c1-18-9-16-12(17-18)6-7-15-13(19)8-10-4-2-3-5-11(10)14/h2-5,9H,6-8,14H2,1H3,(H,15,19). The van der Waals surface area contributed by atoms with Crippen LogP contribution in [-0.2, 0) is 24.7 Å². The molecule has 6 heteroatoms. The zero-order valence-electron chi connectivity index (χ0n) is 10.8. The van der Waals surface area contributed by atoms with Crippen LogP contribution in [0.3, 0.4) is 0 Å². The van der Waals surface area contributed by atoms with Crippen molar-refractivity contribution in [2.45, 2.75) is 12.8 Å². The van der Waals surface area contributed by atoms with E-state index in [1.54, 1.807) is 17.1 Å². The van der Waals surface area contributed by atoms with E-state index in [0.717, 1.165) is 11.4 Å². The van der Waals surface area contributed by atoms with Gasteiger partial charge in [-0.2, -0.15) is 5.10 Å². The molecular formula is C13H17N5O. The van der Waals surface area contributed by atoms with Crippen LogP contribution in [0.25, 0.3) is 0 Å². The number of anilines is 1. The van der Waals surface area contributed by atoms with Gasteiger partial charge in [0.25, 0.3) is 0 Å². The molecule has 2 aromatic rings. The molecular weight excluding hydrogens is 242 g/mol. The quantitative estimate of drug-likeness (QED) is 0.756. The van der Waals surface area contributed by atoms with Crippen molar-refractivity contribution >= 4 is 11.6 Å². The summed E-state index contributed by atoms with van der Waals surface area (Å²) in [7, 11) is 1.81. The molecule has 0 aliphatic heterocycles. The van der Waals surface area contributed by atoms with Gasteiger partial charge in [-0.05, 0) is 11.6 Å². The summed E-state index contributed by atoms with van der Waals surface area (Å²) in [6.07, 6.45) is 2.56. The number of para-hydroxylation sites is 1. The van der Waals surface area contributed by atoms with Crippen molar-refractivity contribution in [1.82, 2.24) is 20.1 Å². The van der Waals surface area contributed by atoms with E-state index in [-0.39, 0.29) is 5.91 Å². The number of aromatic nitrogens is 3. The van der Waals surface area contributed by atoms with Crippen molar-refractivity contribution in [2.24, 2.45) is 7.05 Å². The van der Waals surface area contributed by atoms with Crippen molar-refractivity contribution in [3.8, 4) is 0 Å². The Morgan fingerprint density at radius 1 is 1.42 bits per heavy atom. The summed E-state index contributed by atoms with van der Waals surface area (Å²) >= 11 is 0. The largest absolute Gasteiger partial charge is 0.398 e. The van der Waals surface area contributed by atoms with Gasteiger partial charge in [-0.15, -0.1) is 0 Å². The Balaban J connectivity index is 1.77. The number of hydrogen-bond donors (Lipinski definition) is 2. The summed E-state index contributed by atoms with van der Waals surface area (Å²) in [6.45, 7) is 0.523. The summed E-state index contributed by atoms with van der Waals surface area (Å²) < 4.78 is 1.64. The van der Waals surface area contributed by atoms with Crippen LogP contribution >= 0.6 is 0 Å². The number of benzene rings is 1. The first-order valence-corrected chi connectivity index (χ1v) is 6.10. The van der Waals surface area contributed by atoms with Gasteiger partial charge in [-0.1, -0.05) is 18.2 Å². The Kier molecular flexibility index (Phi) is 4.12. The lowest BCUT2D eigenvalue weighted by Gasteiger charge is -2.06. The maximum atomic E-state index is 11.7. The number of nitrogens with one attached hydrogen (secondary N) is 1. The van der Waals surface area contributed by atoms with Crippen molar-refractivity contribution in [3.05, 3.63) is 42.0 Å². The molecule has 100 valence electrons. The van der Waals surface area contributed by atoms with Crippen LogP contribution in [-0.4, -0.2) is 27.2 Å². The topological polar surface area (TPSA) is 85.8 Å². The van der Waals surface area contributed by atoms with Crippen molar-refractivity contribution in [3.63, 3.8) is 0 Å². The number of nitrogens with zero attached hydrogens (tertiary/aromatic N) is 3. The van der Waals surface area contributed by atoms with Crippen LogP contribution in [0.1, 0.15) is 11.4 Å². The molecule has 0 aliphatic rings. The summed E-state index contributed by atoms with van der Waals surface area (Å²) in [5.41, 5.74) is 7.27. The molecule has 0 saturated heterocycles. The Morgan fingerprint density at radius 2 is 2.21 bits per heavy atom. The van der Waals surface area contributed by atoms with Crippen molar-refractivity contribution in [2.75, 3.05) is 12.3 Å². The fraction of sp³-hybridized carbons (Fsp3) is 0.308. The van der Waals surface area contributed by atoms with Gasteiger partial charge in [0.05, 0.1) is 6.42 Å². The molecule has 0 aliphatic carbocycles. The average Bonchev–Trinajstić information content (AvgIpc) is 2.78. The molecule has 0 spiro atoms. The zero-order chi connectivity index (χ0) is 13.7. The van der Waals surface area contributed by atoms with Crippen LogP contribution in [0, 0.1) is 0 Å². The molecule has 6 nitrogen and oxygen atoms in total. The fourth-order valence-electron chi connectivity index (χ4n) is 1.74. The third-order valence-corrected chi connectivity index (χ3v) is 2.72. The Hall–Kier alpha value is -2.37. The second kappa shape index (κ2) is 5.99. The Morgan fingerprint density at radius 3 is 2.89 bits per heavy atom. The van der Waals surface area contributed by atoms with Gasteiger partial charge in [0, 0.05) is 25.7 Å². The Bertz CT molecular complexity index is 564. The Labute approximate surface area is 111 Å². The first-order chi connectivity index (χ1) is 9.15. The molecule has 0 saturated carbocycles.